The summed E-state index contributed by atoms with van der Waals surface area (Å²) in [7, 11) is 0. The van der Waals surface area contributed by atoms with Gasteiger partial charge in [0, 0.05) is 0 Å². The molecule has 0 spiro atoms. The maximum atomic E-state index is 10.5. The van der Waals surface area contributed by atoms with Gasteiger partial charge in [-0.3, -0.25) is 0 Å². The molecule has 1 fully saturated rings. The van der Waals surface area contributed by atoms with E-state index in [9.17, 15) is 5.11 Å². The molecule has 142 valence electrons. The highest BCUT2D eigenvalue weighted by molar-refractivity contribution is 5.45. The lowest BCUT2D eigenvalue weighted by Crippen LogP contribution is -2.06. The maximum Gasteiger partial charge on any atom is 0.121 e. The predicted octanol–water partition coefficient (Wildman–Crippen LogP) is 7.82. The number of aromatic hydroxyl groups is 1. The SMILES string of the molecule is CCCCCCCCCCCc1cc(C)c(O)c(C2CCCCC2)c1. The van der Waals surface area contributed by atoms with Gasteiger partial charge in [-0.2, -0.15) is 0 Å². The van der Waals surface area contributed by atoms with Crippen LogP contribution < -0.4 is 0 Å². The summed E-state index contributed by atoms with van der Waals surface area (Å²) in [4.78, 5) is 0. The molecule has 25 heavy (non-hydrogen) atoms. The zero-order valence-corrected chi connectivity index (χ0v) is 16.8. The van der Waals surface area contributed by atoms with Gasteiger partial charge in [0.2, 0.25) is 0 Å². The van der Waals surface area contributed by atoms with E-state index in [1.807, 2.05) is 0 Å². The van der Waals surface area contributed by atoms with Crippen LogP contribution in [0.3, 0.4) is 0 Å². The molecule has 1 aromatic carbocycles. The van der Waals surface area contributed by atoms with Crippen LogP contribution in [0.2, 0.25) is 0 Å². The van der Waals surface area contributed by atoms with E-state index in [0.29, 0.717) is 11.7 Å². The van der Waals surface area contributed by atoms with Gasteiger partial charge < -0.3 is 5.11 Å². The number of aryl methyl sites for hydroxylation is 2. The molecule has 2 rings (SSSR count). The Morgan fingerprint density at radius 2 is 1.44 bits per heavy atom. The van der Waals surface area contributed by atoms with Gasteiger partial charge in [-0.1, -0.05) is 89.7 Å². The first-order chi connectivity index (χ1) is 12.2. The fourth-order valence-electron chi connectivity index (χ4n) is 4.39. The highest BCUT2D eigenvalue weighted by Crippen LogP contribution is 2.39. The first kappa shape index (κ1) is 20.3. The molecule has 0 heterocycles. The van der Waals surface area contributed by atoms with E-state index in [0.717, 1.165) is 5.56 Å². The third-order valence-corrected chi connectivity index (χ3v) is 6.00. The molecular formula is C24H40O. The summed E-state index contributed by atoms with van der Waals surface area (Å²) in [5.41, 5.74) is 3.76. The Morgan fingerprint density at radius 3 is 2.08 bits per heavy atom. The molecular weight excluding hydrogens is 304 g/mol. The van der Waals surface area contributed by atoms with Gasteiger partial charge in [-0.05, 0) is 55.2 Å². The Bertz CT molecular complexity index is 485. The van der Waals surface area contributed by atoms with E-state index >= 15 is 0 Å². The van der Waals surface area contributed by atoms with Crippen molar-refractivity contribution < 1.29 is 5.11 Å². The van der Waals surface area contributed by atoms with Crippen LogP contribution in [0, 0.1) is 6.92 Å². The molecule has 0 atom stereocenters. The van der Waals surface area contributed by atoms with Crippen molar-refractivity contribution >= 4 is 0 Å². The fourth-order valence-corrected chi connectivity index (χ4v) is 4.39. The average Bonchev–Trinajstić information content (AvgIpc) is 2.63. The number of hydrogen-bond donors (Lipinski definition) is 1. The normalized spacial score (nSPS) is 15.6. The zero-order valence-electron chi connectivity index (χ0n) is 16.8. The number of benzene rings is 1. The van der Waals surface area contributed by atoms with Crippen LogP contribution in [0.5, 0.6) is 5.75 Å². The van der Waals surface area contributed by atoms with E-state index in [4.69, 9.17) is 0 Å². The monoisotopic (exact) mass is 344 g/mol. The van der Waals surface area contributed by atoms with Crippen molar-refractivity contribution in [2.75, 3.05) is 0 Å². The van der Waals surface area contributed by atoms with Crippen molar-refractivity contribution in [3.8, 4) is 5.75 Å². The van der Waals surface area contributed by atoms with Crippen molar-refractivity contribution in [3.63, 3.8) is 0 Å². The molecule has 0 saturated heterocycles. The summed E-state index contributed by atoms with van der Waals surface area (Å²) in [6.45, 7) is 4.35. The van der Waals surface area contributed by atoms with Gasteiger partial charge in [0.25, 0.3) is 0 Å². The minimum Gasteiger partial charge on any atom is -0.507 e. The van der Waals surface area contributed by atoms with E-state index in [1.165, 1.54) is 107 Å². The molecule has 0 aliphatic heterocycles. The van der Waals surface area contributed by atoms with Gasteiger partial charge in [-0.25, -0.2) is 0 Å². The van der Waals surface area contributed by atoms with E-state index in [2.05, 4.69) is 26.0 Å². The lowest BCUT2D eigenvalue weighted by molar-refractivity contribution is 0.412. The van der Waals surface area contributed by atoms with Crippen LogP contribution in [-0.2, 0) is 6.42 Å². The van der Waals surface area contributed by atoms with Crippen LogP contribution >= 0.6 is 0 Å². The molecule has 0 aromatic heterocycles. The smallest absolute Gasteiger partial charge is 0.121 e. The lowest BCUT2D eigenvalue weighted by Gasteiger charge is -2.24. The summed E-state index contributed by atoms with van der Waals surface area (Å²) < 4.78 is 0. The first-order valence-corrected chi connectivity index (χ1v) is 11.0. The number of phenolic OH excluding ortho intramolecular Hbond substituents is 1. The summed E-state index contributed by atoms with van der Waals surface area (Å²) in [6, 6.07) is 4.54. The van der Waals surface area contributed by atoms with Crippen molar-refractivity contribution in [2.24, 2.45) is 0 Å². The quantitative estimate of drug-likeness (QED) is 0.406. The predicted molar refractivity (Wildman–Crippen MR) is 110 cm³/mol. The Kier molecular flexibility index (Phi) is 9.43. The second-order valence-corrected chi connectivity index (χ2v) is 8.26. The third kappa shape index (κ3) is 7.04. The molecule has 1 N–H and O–H groups in total. The molecule has 1 nitrogen and oxygen atoms in total. The second-order valence-electron chi connectivity index (χ2n) is 8.26. The fraction of sp³-hybridized carbons (Fsp3) is 0.750. The molecule has 0 unspecified atom stereocenters. The zero-order chi connectivity index (χ0) is 17.9. The largest absolute Gasteiger partial charge is 0.507 e. The van der Waals surface area contributed by atoms with Crippen molar-refractivity contribution in [1.29, 1.82) is 0 Å². The Morgan fingerprint density at radius 1 is 0.840 bits per heavy atom. The standard InChI is InChI=1S/C24H40O/c1-3-4-5-6-7-8-9-10-12-15-21-18-20(2)24(25)23(19-21)22-16-13-11-14-17-22/h18-19,22,25H,3-17H2,1-2H3. The Hall–Kier alpha value is -0.980. The van der Waals surface area contributed by atoms with Gasteiger partial charge in [0.05, 0.1) is 0 Å². The van der Waals surface area contributed by atoms with Crippen LogP contribution in [0.1, 0.15) is 119 Å². The minimum atomic E-state index is 0.572. The average molecular weight is 345 g/mol. The Balaban J connectivity index is 1.73. The number of unbranched alkanes of at least 4 members (excludes halogenated alkanes) is 8. The summed E-state index contributed by atoms with van der Waals surface area (Å²) in [5, 5.41) is 10.5. The Labute approximate surface area is 156 Å². The molecule has 1 aromatic rings. The van der Waals surface area contributed by atoms with Crippen molar-refractivity contribution in [3.05, 3.63) is 28.8 Å². The molecule has 1 saturated carbocycles. The summed E-state index contributed by atoms with van der Waals surface area (Å²) in [5.74, 6) is 1.17. The summed E-state index contributed by atoms with van der Waals surface area (Å²) in [6.07, 6.45) is 20.2. The topological polar surface area (TPSA) is 20.2 Å². The van der Waals surface area contributed by atoms with E-state index in [-0.39, 0.29) is 0 Å². The van der Waals surface area contributed by atoms with Gasteiger partial charge in [-0.15, -0.1) is 0 Å². The van der Waals surface area contributed by atoms with Crippen LogP contribution in [-0.4, -0.2) is 5.11 Å². The number of phenols is 1. The highest BCUT2D eigenvalue weighted by atomic mass is 16.3. The first-order valence-electron chi connectivity index (χ1n) is 11.0. The number of rotatable bonds is 11. The van der Waals surface area contributed by atoms with Crippen LogP contribution in [0.4, 0.5) is 0 Å². The molecule has 0 radical (unpaired) electrons. The van der Waals surface area contributed by atoms with Crippen LogP contribution in [0.25, 0.3) is 0 Å². The minimum absolute atomic E-state index is 0.572. The van der Waals surface area contributed by atoms with Crippen LogP contribution in [0.15, 0.2) is 12.1 Å². The van der Waals surface area contributed by atoms with Crippen molar-refractivity contribution in [2.45, 2.75) is 116 Å². The second kappa shape index (κ2) is 11.6. The van der Waals surface area contributed by atoms with Gasteiger partial charge in [0.15, 0.2) is 0 Å². The van der Waals surface area contributed by atoms with Gasteiger partial charge >= 0.3 is 0 Å². The van der Waals surface area contributed by atoms with E-state index in [1.54, 1.807) is 0 Å². The third-order valence-electron chi connectivity index (χ3n) is 6.00. The maximum absolute atomic E-state index is 10.5. The van der Waals surface area contributed by atoms with Gasteiger partial charge in [0.1, 0.15) is 5.75 Å². The summed E-state index contributed by atoms with van der Waals surface area (Å²) >= 11 is 0. The molecule has 1 aliphatic carbocycles. The molecule has 1 aliphatic rings. The van der Waals surface area contributed by atoms with E-state index < -0.39 is 0 Å². The van der Waals surface area contributed by atoms with Crippen molar-refractivity contribution in [1.82, 2.24) is 0 Å². The highest BCUT2D eigenvalue weighted by Gasteiger charge is 2.20. The molecule has 0 bridgehead atoms. The molecule has 0 amide bonds. The lowest BCUT2D eigenvalue weighted by atomic mass is 9.82. The molecule has 1 heteroatoms. The number of hydrogen-bond acceptors (Lipinski definition) is 1.